The molecule has 4 rings (SSSR count). The second-order valence-corrected chi connectivity index (χ2v) is 8.11. The first-order chi connectivity index (χ1) is 15.1. The van der Waals surface area contributed by atoms with Crippen LogP contribution in [0.15, 0.2) is 30.1 Å². The first-order valence-electron chi connectivity index (χ1n) is 10.9. The molecule has 0 aliphatic heterocycles. The molecule has 7 nitrogen and oxygen atoms in total. The average molecular weight is 424 g/mol. The van der Waals surface area contributed by atoms with Crippen LogP contribution in [0.25, 0.3) is 5.57 Å². The van der Waals surface area contributed by atoms with Crippen LogP contribution in [0.5, 0.6) is 11.6 Å². The van der Waals surface area contributed by atoms with Crippen molar-refractivity contribution >= 4 is 11.5 Å². The molecule has 31 heavy (non-hydrogen) atoms. The maximum absolute atomic E-state index is 12.0. The standard InChI is InChI=1S/C24H29N3O4/c1-4-30-24(28)17-7-5-16(6-8-17)21-13-25-15(2)27-23(21)31-14-18-11-20(18)22-10-9-19(29-3)12-26-22/h9-10,12-13,16-17H,4-8,11,14H2,1-3H3. The molecule has 0 unspecified atom stereocenters. The van der Waals surface area contributed by atoms with Gasteiger partial charge in [-0.2, -0.15) is 4.98 Å². The molecule has 2 heterocycles. The van der Waals surface area contributed by atoms with Crippen LogP contribution in [-0.4, -0.2) is 41.2 Å². The van der Waals surface area contributed by atoms with Crippen molar-refractivity contribution in [3.05, 3.63) is 47.2 Å². The fraction of sp³-hybridized carbons (Fsp3) is 0.500. The Balaban J connectivity index is 1.40. The molecule has 2 aliphatic carbocycles. The van der Waals surface area contributed by atoms with E-state index in [1.54, 1.807) is 13.3 Å². The van der Waals surface area contributed by atoms with Gasteiger partial charge in [-0.05, 0) is 75.1 Å². The maximum atomic E-state index is 12.0. The number of ether oxygens (including phenoxy) is 3. The van der Waals surface area contributed by atoms with Crippen LogP contribution in [0, 0.1) is 12.8 Å². The summed E-state index contributed by atoms with van der Waals surface area (Å²) in [6, 6.07) is 3.90. The highest BCUT2D eigenvalue weighted by molar-refractivity contribution is 5.81. The minimum Gasteiger partial charge on any atom is -0.495 e. The Morgan fingerprint density at radius 3 is 2.61 bits per heavy atom. The monoisotopic (exact) mass is 423 g/mol. The molecule has 164 valence electrons. The summed E-state index contributed by atoms with van der Waals surface area (Å²) in [7, 11) is 1.64. The zero-order chi connectivity index (χ0) is 21.8. The highest BCUT2D eigenvalue weighted by Gasteiger charge is 2.31. The fourth-order valence-corrected chi connectivity index (χ4v) is 4.17. The van der Waals surface area contributed by atoms with Crippen LogP contribution in [0.4, 0.5) is 0 Å². The summed E-state index contributed by atoms with van der Waals surface area (Å²) in [6.07, 6.45) is 8.01. The molecule has 0 bridgehead atoms. The van der Waals surface area contributed by atoms with Crippen LogP contribution >= 0.6 is 0 Å². The first kappa shape index (κ1) is 21.3. The molecule has 1 fully saturated rings. The molecular formula is C24H29N3O4. The smallest absolute Gasteiger partial charge is 0.308 e. The number of nitrogens with zero attached hydrogens (tertiary/aromatic N) is 3. The minimum absolute atomic E-state index is 0.00288. The van der Waals surface area contributed by atoms with Gasteiger partial charge in [0.1, 0.15) is 18.2 Å². The van der Waals surface area contributed by atoms with E-state index in [1.807, 2.05) is 32.2 Å². The highest BCUT2D eigenvalue weighted by Crippen LogP contribution is 2.41. The fourth-order valence-electron chi connectivity index (χ4n) is 4.17. The van der Waals surface area contributed by atoms with Gasteiger partial charge < -0.3 is 14.2 Å². The number of pyridine rings is 1. The lowest BCUT2D eigenvalue weighted by molar-refractivity contribution is -0.149. The number of aryl methyl sites for hydroxylation is 1. The number of hydrogen-bond donors (Lipinski definition) is 0. The van der Waals surface area contributed by atoms with Crippen molar-refractivity contribution in [1.82, 2.24) is 15.0 Å². The van der Waals surface area contributed by atoms with Crippen molar-refractivity contribution < 1.29 is 19.0 Å². The van der Waals surface area contributed by atoms with Gasteiger partial charge in [0.25, 0.3) is 0 Å². The third-order valence-electron chi connectivity index (χ3n) is 6.04. The zero-order valence-electron chi connectivity index (χ0n) is 18.4. The highest BCUT2D eigenvalue weighted by atomic mass is 16.5. The summed E-state index contributed by atoms with van der Waals surface area (Å²) in [5.41, 5.74) is 4.48. The number of aromatic nitrogens is 3. The number of allylic oxidation sites excluding steroid dienone is 1. The lowest BCUT2D eigenvalue weighted by atomic mass is 9.79. The van der Waals surface area contributed by atoms with Crippen molar-refractivity contribution in [2.45, 2.75) is 51.9 Å². The van der Waals surface area contributed by atoms with Gasteiger partial charge in [0.2, 0.25) is 5.88 Å². The number of carbonyl (C=O) groups excluding carboxylic acids is 1. The van der Waals surface area contributed by atoms with Crippen molar-refractivity contribution in [3.63, 3.8) is 0 Å². The number of methoxy groups -OCH3 is 1. The molecule has 0 N–H and O–H groups in total. The Morgan fingerprint density at radius 2 is 1.94 bits per heavy atom. The Labute approximate surface area is 182 Å². The Kier molecular flexibility index (Phi) is 6.49. The van der Waals surface area contributed by atoms with Gasteiger partial charge in [0.05, 0.1) is 31.5 Å². The average Bonchev–Trinajstić information content (AvgIpc) is 3.58. The van der Waals surface area contributed by atoms with E-state index in [1.165, 1.54) is 11.1 Å². The summed E-state index contributed by atoms with van der Waals surface area (Å²) < 4.78 is 16.5. The van der Waals surface area contributed by atoms with Gasteiger partial charge in [0.15, 0.2) is 0 Å². The summed E-state index contributed by atoms with van der Waals surface area (Å²) in [5, 5.41) is 0. The van der Waals surface area contributed by atoms with E-state index in [-0.39, 0.29) is 11.9 Å². The summed E-state index contributed by atoms with van der Waals surface area (Å²) in [6.45, 7) is 4.66. The molecule has 0 spiro atoms. The van der Waals surface area contributed by atoms with Crippen LogP contribution in [-0.2, 0) is 9.53 Å². The normalized spacial score (nSPS) is 20.4. The van der Waals surface area contributed by atoms with Crippen LogP contribution < -0.4 is 9.47 Å². The topological polar surface area (TPSA) is 83.4 Å². The Bertz CT molecular complexity index is 963. The van der Waals surface area contributed by atoms with Crippen molar-refractivity contribution in [3.8, 4) is 11.6 Å². The van der Waals surface area contributed by atoms with Crippen LogP contribution in [0.2, 0.25) is 0 Å². The molecule has 2 aromatic heterocycles. The largest absolute Gasteiger partial charge is 0.495 e. The number of rotatable bonds is 8. The summed E-state index contributed by atoms with van der Waals surface area (Å²) in [5.74, 6) is 2.34. The van der Waals surface area contributed by atoms with Gasteiger partial charge >= 0.3 is 5.97 Å². The third-order valence-corrected chi connectivity index (χ3v) is 6.04. The van der Waals surface area contributed by atoms with Gasteiger partial charge in [-0.3, -0.25) is 9.78 Å². The van der Waals surface area contributed by atoms with Crippen molar-refractivity contribution in [1.29, 1.82) is 0 Å². The van der Waals surface area contributed by atoms with Gasteiger partial charge in [-0.25, -0.2) is 4.98 Å². The SMILES string of the molecule is CCOC(=O)C1CCC(c2cnc(C)nc2OCC2=C(c3ccc(OC)cn3)C2)CC1. The van der Waals surface area contributed by atoms with Crippen molar-refractivity contribution in [2.24, 2.45) is 5.92 Å². The van der Waals surface area contributed by atoms with Crippen LogP contribution in [0.3, 0.4) is 0 Å². The second-order valence-electron chi connectivity index (χ2n) is 8.11. The lowest BCUT2D eigenvalue weighted by Crippen LogP contribution is -2.23. The molecule has 0 atom stereocenters. The lowest BCUT2D eigenvalue weighted by Gasteiger charge is -2.28. The van der Waals surface area contributed by atoms with Gasteiger partial charge in [-0.15, -0.1) is 0 Å². The molecular weight excluding hydrogens is 394 g/mol. The third kappa shape index (κ3) is 5.03. The Morgan fingerprint density at radius 1 is 1.13 bits per heavy atom. The van der Waals surface area contributed by atoms with E-state index in [9.17, 15) is 4.79 Å². The predicted octanol–water partition coefficient (Wildman–Crippen LogP) is 4.26. The maximum Gasteiger partial charge on any atom is 0.308 e. The van der Waals surface area contributed by atoms with E-state index in [0.717, 1.165) is 49.1 Å². The molecule has 0 amide bonds. The van der Waals surface area contributed by atoms with E-state index >= 15 is 0 Å². The van der Waals surface area contributed by atoms with E-state index in [4.69, 9.17) is 14.2 Å². The van der Waals surface area contributed by atoms with E-state index in [2.05, 4.69) is 15.0 Å². The summed E-state index contributed by atoms with van der Waals surface area (Å²) >= 11 is 0. The molecule has 2 aliphatic rings. The van der Waals surface area contributed by atoms with E-state index in [0.29, 0.717) is 30.8 Å². The molecule has 0 aromatic carbocycles. The molecule has 1 saturated carbocycles. The Hall–Kier alpha value is -2.96. The number of esters is 1. The van der Waals surface area contributed by atoms with Gasteiger partial charge in [0, 0.05) is 11.8 Å². The second kappa shape index (κ2) is 9.45. The van der Waals surface area contributed by atoms with E-state index < -0.39 is 0 Å². The van der Waals surface area contributed by atoms with Gasteiger partial charge in [-0.1, -0.05) is 0 Å². The quantitative estimate of drug-likeness (QED) is 0.587. The van der Waals surface area contributed by atoms with Crippen molar-refractivity contribution in [2.75, 3.05) is 20.3 Å². The molecule has 2 aromatic rings. The van der Waals surface area contributed by atoms with Crippen LogP contribution in [0.1, 0.15) is 62.0 Å². The molecule has 0 saturated heterocycles. The molecule has 0 radical (unpaired) electrons. The number of hydrogen-bond acceptors (Lipinski definition) is 7. The molecule has 7 heteroatoms. The first-order valence-corrected chi connectivity index (χ1v) is 10.9. The summed E-state index contributed by atoms with van der Waals surface area (Å²) in [4.78, 5) is 25.5. The predicted molar refractivity (Wildman–Crippen MR) is 116 cm³/mol. The zero-order valence-corrected chi connectivity index (χ0v) is 18.4. The minimum atomic E-state index is -0.0714. The number of carbonyl (C=O) groups is 1.